The van der Waals surface area contributed by atoms with E-state index in [0.717, 1.165) is 0 Å². The molecule has 6 aromatic carbocycles. The van der Waals surface area contributed by atoms with Crippen molar-refractivity contribution in [2.24, 2.45) is 0 Å². The Hall–Kier alpha value is -10.9. The summed E-state index contributed by atoms with van der Waals surface area (Å²) < 4.78 is 37.1. The van der Waals surface area contributed by atoms with Gasteiger partial charge in [-0.05, 0) is 72.8 Å². The number of hydrogen-bond donors (Lipinski definition) is 15. The summed E-state index contributed by atoms with van der Waals surface area (Å²) >= 11 is 0. The van der Waals surface area contributed by atoms with Gasteiger partial charge in [0.2, 0.25) is 23.5 Å². The molecule has 0 bridgehead atoms. The molecule has 0 amide bonds. The molecule has 0 radical (unpaired) electrons. The number of esters is 6. The van der Waals surface area contributed by atoms with E-state index in [1.165, 1.54) is 0 Å². The van der Waals surface area contributed by atoms with Crippen LogP contribution in [0, 0.1) is 0 Å². The molecule has 3 atom stereocenters. The van der Waals surface area contributed by atoms with Crippen LogP contribution < -0.4 is 14.2 Å². The Morgan fingerprint density at radius 1 is 0.320 bits per heavy atom. The highest BCUT2D eigenvalue weighted by atomic mass is 16.7. The van der Waals surface area contributed by atoms with Crippen molar-refractivity contribution in [2.45, 2.75) is 24.9 Å². The average molecular weight is 1050 g/mol. The molecule has 1 aliphatic heterocycles. The van der Waals surface area contributed by atoms with Crippen molar-refractivity contribution >= 4 is 35.8 Å². The minimum atomic E-state index is -1.81. The molecule has 7 rings (SSSR count). The van der Waals surface area contributed by atoms with E-state index >= 15 is 0 Å². The molecule has 75 heavy (non-hydrogen) atoms. The second-order valence-electron chi connectivity index (χ2n) is 15.6. The second-order valence-corrected chi connectivity index (χ2v) is 15.6. The Morgan fingerprint density at radius 2 is 0.560 bits per heavy atom. The first-order chi connectivity index (χ1) is 35.3. The molecule has 1 heterocycles. The topological polar surface area (TPSA) is 470 Å². The molecule has 0 aliphatic carbocycles. The molecule has 1 aliphatic rings. The standard InChI is InChI=1S/C47H34O28/c48-21-1-15(2-22(49)36(21)57)42(63)71-31-10-18(7-27(54)39(31)60)45(66)70-30-13-35(75-47(68)20-9-29(56)41(62)33(12-20)73-44(65)17-5-25(52)38(59)26(53)6-17)69-14-34(30)74-46(67)19-8-28(55)40(61)32(11-19)72-43(64)16-3-23(50)37(58)24(51)4-16/h1-12,30,34-35,48-62H,13-14H2/t30-,34-,35-/m1/s1. The average Bonchev–Trinajstić information content (AvgIpc) is 3.35. The zero-order valence-corrected chi connectivity index (χ0v) is 37.1. The van der Waals surface area contributed by atoms with Gasteiger partial charge >= 0.3 is 35.8 Å². The number of rotatable bonds is 12. The van der Waals surface area contributed by atoms with Gasteiger partial charge < -0.3 is 110 Å². The summed E-state index contributed by atoms with van der Waals surface area (Å²) in [5.74, 6) is -26.6. The van der Waals surface area contributed by atoms with Crippen molar-refractivity contribution in [2.75, 3.05) is 6.61 Å². The maximum absolute atomic E-state index is 13.8. The zero-order chi connectivity index (χ0) is 54.9. The third-order valence-electron chi connectivity index (χ3n) is 10.4. The van der Waals surface area contributed by atoms with Crippen LogP contribution >= 0.6 is 0 Å². The lowest BCUT2D eigenvalue weighted by atomic mass is 10.1. The summed E-state index contributed by atoms with van der Waals surface area (Å²) in [6, 6.07) is 7.88. The Morgan fingerprint density at radius 3 is 0.853 bits per heavy atom. The molecule has 390 valence electrons. The van der Waals surface area contributed by atoms with Gasteiger partial charge in [-0.15, -0.1) is 0 Å². The van der Waals surface area contributed by atoms with Crippen LogP contribution in [-0.4, -0.2) is 138 Å². The van der Waals surface area contributed by atoms with E-state index in [1.54, 1.807) is 0 Å². The van der Waals surface area contributed by atoms with E-state index in [4.69, 9.17) is 33.2 Å². The number of carbonyl (C=O) groups excluding carboxylic acids is 6. The molecular formula is C47H34O28. The fourth-order valence-electron chi connectivity index (χ4n) is 6.64. The van der Waals surface area contributed by atoms with Crippen molar-refractivity contribution in [3.63, 3.8) is 0 Å². The predicted molar refractivity (Wildman–Crippen MR) is 237 cm³/mol. The van der Waals surface area contributed by atoms with Crippen LogP contribution in [0.25, 0.3) is 0 Å². The van der Waals surface area contributed by atoms with Gasteiger partial charge in [-0.1, -0.05) is 0 Å². The van der Waals surface area contributed by atoms with Crippen LogP contribution in [0.3, 0.4) is 0 Å². The van der Waals surface area contributed by atoms with Gasteiger partial charge in [0.05, 0.1) is 46.4 Å². The van der Waals surface area contributed by atoms with Crippen molar-refractivity contribution in [1.82, 2.24) is 0 Å². The maximum Gasteiger partial charge on any atom is 0.343 e. The first-order valence-electron chi connectivity index (χ1n) is 20.6. The van der Waals surface area contributed by atoms with Gasteiger partial charge in [0, 0.05) is 0 Å². The number of aromatic hydroxyl groups is 15. The number of carbonyl (C=O) groups is 6. The highest BCUT2D eigenvalue weighted by Crippen LogP contribution is 2.43. The molecule has 6 aromatic rings. The van der Waals surface area contributed by atoms with Gasteiger partial charge in [0.15, 0.2) is 92.3 Å². The molecule has 0 unspecified atom stereocenters. The number of benzene rings is 6. The Labute approximate surface area is 414 Å². The molecule has 15 N–H and O–H groups in total. The lowest BCUT2D eigenvalue weighted by Crippen LogP contribution is -2.47. The monoisotopic (exact) mass is 1050 g/mol. The molecule has 1 fully saturated rings. The normalized spacial score (nSPS) is 15.0. The molecule has 28 heteroatoms. The minimum absolute atomic E-state index is 0.585. The van der Waals surface area contributed by atoms with Crippen molar-refractivity contribution in [3.8, 4) is 103 Å². The fraction of sp³-hybridized carbons (Fsp3) is 0.106. The summed E-state index contributed by atoms with van der Waals surface area (Å²) in [5, 5.41) is 150. The number of phenolic OH excluding ortho intramolecular Hbond substituents is 15. The SMILES string of the molecule is O=C(Oc1cc(C(=O)O[C@@H]2C[C@@H](OC(=O)c3cc(O)c(O)c(OC(=O)c4cc(O)c(O)c(O)c4)c3)[C@H](OC(=O)c3cc(O)c(O)c(OC(=O)c4cc(O)c(O)c(O)c4)c3)CO2)cc(O)c1O)c1cc(O)c(O)c(O)c1. The largest absolute Gasteiger partial charge is 0.504 e. The quantitative estimate of drug-likeness (QED) is 0.0362. The van der Waals surface area contributed by atoms with Crippen LogP contribution in [0.15, 0.2) is 72.8 Å². The van der Waals surface area contributed by atoms with Gasteiger partial charge in [0.25, 0.3) is 0 Å². The summed E-state index contributed by atoms with van der Waals surface area (Å²) in [6.07, 6.45) is -6.16. The van der Waals surface area contributed by atoms with Crippen molar-refractivity contribution < 1.29 is 139 Å². The van der Waals surface area contributed by atoms with E-state index in [2.05, 4.69) is 0 Å². The highest BCUT2D eigenvalue weighted by Gasteiger charge is 2.40. The molecular weight excluding hydrogens is 1010 g/mol. The third-order valence-corrected chi connectivity index (χ3v) is 10.4. The first-order valence-corrected chi connectivity index (χ1v) is 20.6. The molecule has 28 nitrogen and oxygen atoms in total. The number of hydrogen-bond acceptors (Lipinski definition) is 28. The second kappa shape index (κ2) is 20.4. The molecule has 0 aromatic heterocycles. The van der Waals surface area contributed by atoms with Gasteiger partial charge in [-0.2, -0.15) is 0 Å². The van der Waals surface area contributed by atoms with Crippen molar-refractivity contribution in [3.05, 3.63) is 106 Å². The van der Waals surface area contributed by atoms with Crippen LogP contribution in [0.4, 0.5) is 0 Å². The van der Waals surface area contributed by atoms with Crippen molar-refractivity contribution in [1.29, 1.82) is 0 Å². The Balaban J connectivity index is 1.15. The van der Waals surface area contributed by atoms with E-state index in [1.807, 2.05) is 0 Å². The number of phenols is 15. The smallest absolute Gasteiger partial charge is 0.343 e. The summed E-state index contributed by atoms with van der Waals surface area (Å²) in [7, 11) is 0. The molecule has 1 saturated heterocycles. The summed E-state index contributed by atoms with van der Waals surface area (Å²) in [4.78, 5) is 79.5. The summed E-state index contributed by atoms with van der Waals surface area (Å²) in [6.45, 7) is -0.854. The lowest BCUT2D eigenvalue weighted by molar-refractivity contribution is -0.196. The molecule has 0 saturated carbocycles. The fourth-order valence-corrected chi connectivity index (χ4v) is 6.64. The Bertz CT molecular complexity index is 3290. The van der Waals surface area contributed by atoms with E-state index < -0.39 is 204 Å². The maximum atomic E-state index is 13.8. The number of ether oxygens (including phenoxy) is 7. The summed E-state index contributed by atoms with van der Waals surface area (Å²) in [5.41, 5.74) is -3.84. The van der Waals surface area contributed by atoms with Crippen LogP contribution in [0.2, 0.25) is 0 Å². The van der Waals surface area contributed by atoms with Crippen LogP contribution in [0.1, 0.15) is 68.6 Å². The zero-order valence-electron chi connectivity index (χ0n) is 37.1. The lowest BCUT2D eigenvalue weighted by Gasteiger charge is -2.34. The van der Waals surface area contributed by atoms with E-state index in [-0.39, 0.29) is 0 Å². The van der Waals surface area contributed by atoms with Gasteiger partial charge in [-0.3, -0.25) is 0 Å². The van der Waals surface area contributed by atoms with Crippen LogP contribution in [0.5, 0.6) is 103 Å². The Kier molecular flexibility index (Phi) is 14.2. The first kappa shape index (κ1) is 51.9. The third kappa shape index (κ3) is 11.0. The van der Waals surface area contributed by atoms with E-state index in [0.29, 0.717) is 72.8 Å². The van der Waals surface area contributed by atoms with E-state index in [9.17, 15) is 105 Å². The van der Waals surface area contributed by atoms with Gasteiger partial charge in [-0.25, -0.2) is 28.8 Å². The minimum Gasteiger partial charge on any atom is -0.504 e. The predicted octanol–water partition coefficient (Wildman–Crippen LogP) is 3.28. The van der Waals surface area contributed by atoms with Gasteiger partial charge in [0.1, 0.15) is 6.10 Å². The van der Waals surface area contributed by atoms with Crippen LogP contribution in [-0.2, 0) is 18.9 Å². The highest BCUT2D eigenvalue weighted by molar-refractivity contribution is 5.97. The molecule has 0 spiro atoms.